The average Bonchev–Trinajstić information content (AvgIpc) is 2.49. The standard InChI is InChI=1S/C10H19N3O2/c1-7(6-11)5-9(14)12-8-3-4-13(2)10(8)15/h7-8H,3-6,11H2,1-2H3,(H,12,14). The lowest BCUT2D eigenvalue weighted by Gasteiger charge is -2.13. The van der Waals surface area contributed by atoms with Crippen molar-refractivity contribution in [2.24, 2.45) is 11.7 Å². The zero-order valence-corrected chi connectivity index (χ0v) is 9.32. The number of carbonyl (C=O) groups is 2. The first-order chi connectivity index (χ1) is 7.04. The van der Waals surface area contributed by atoms with Crippen LogP contribution in [0.3, 0.4) is 0 Å². The summed E-state index contributed by atoms with van der Waals surface area (Å²) >= 11 is 0. The molecule has 1 heterocycles. The van der Waals surface area contributed by atoms with E-state index in [0.29, 0.717) is 19.4 Å². The van der Waals surface area contributed by atoms with Crippen LogP contribution in [0.4, 0.5) is 0 Å². The first kappa shape index (κ1) is 12.0. The van der Waals surface area contributed by atoms with E-state index in [9.17, 15) is 9.59 Å². The van der Waals surface area contributed by atoms with Gasteiger partial charge in [-0.2, -0.15) is 0 Å². The molecular weight excluding hydrogens is 194 g/mol. The van der Waals surface area contributed by atoms with E-state index in [2.05, 4.69) is 5.32 Å². The van der Waals surface area contributed by atoms with Crippen LogP contribution in [0.2, 0.25) is 0 Å². The van der Waals surface area contributed by atoms with E-state index < -0.39 is 0 Å². The van der Waals surface area contributed by atoms with E-state index in [1.807, 2.05) is 6.92 Å². The molecule has 1 rings (SSSR count). The first-order valence-electron chi connectivity index (χ1n) is 5.29. The summed E-state index contributed by atoms with van der Waals surface area (Å²) in [5.41, 5.74) is 5.42. The molecule has 1 saturated heterocycles. The normalized spacial score (nSPS) is 23.0. The number of likely N-dealkylation sites (tertiary alicyclic amines) is 1. The summed E-state index contributed by atoms with van der Waals surface area (Å²) in [5, 5.41) is 2.74. The Kier molecular flexibility index (Phi) is 4.08. The molecule has 1 aliphatic heterocycles. The van der Waals surface area contributed by atoms with Gasteiger partial charge in [-0.05, 0) is 18.9 Å². The molecule has 0 aliphatic carbocycles. The predicted octanol–water partition coefficient (Wildman–Crippen LogP) is -0.682. The molecule has 1 fully saturated rings. The Hall–Kier alpha value is -1.10. The smallest absolute Gasteiger partial charge is 0.244 e. The highest BCUT2D eigenvalue weighted by Crippen LogP contribution is 2.09. The Balaban J connectivity index is 2.36. The Morgan fingerprint density at radius 3 is 2.87 bits per heavy atom. The molecule has 2 atom stereocenters. The van der Waals surface area contributed by atoms with E-state index in [1.54, 1.807) is 11.9 Å². The van der Waals surface area contributed by atoms with Gasteiger partial charge in [-0.3, -0.25) is 9.59 Å². The molecule has 0 aromatic carbocycles. The van der Waals surface area contributed by atoms with Gasteiger partial charge in [-0.15, -0.1) is 0 Å². The molecule has 1 aliphatic rings. The Bertz CT molecular complexity index is 255. The number of nitrogens with one attached hydrogen (secondary N) is 1. The molecule has 2 amide bonds. The lowest BCUT2D eigenvalue weighted by molar-refractivity contribution is -0.132. The zero-order chi connectivity index (χ0) is 11.4. The van der Waals surface area contributed by atoms with E-state index in [4.69, 9.17) is 5.73 Å². The molecule has 0 saturated carbocycles. The largest absolute Gasteiger partial charge is 0.344 e. The molecular formula is C10H19N3O2. The number of amides is 2. The summed E-state index contributed by atoms with van der Waals surface area (Å²) in [4.78, 5) is 24.6. The SMILES string of the molecule is CC(CN)CC(=O)NC1CCN(C)C1=O. The second kappa shape index (κ2) is 5.11. The number of hydrogen-bond acceptors (Lipinski definition) is 3. The molecule has 0 radical (unpaired) electrons. The summed E-state index contributed by atoms with van der Waals surface area (Å²) in [5.74, 6) is 0.0876. The minimum atomic E-state index is -0.326. The second-order valence-corrected chi connectivity index (χ2v) is 4.21. The van der Waals surface area contributed by atoms with Crippen LogP contribution in [0.5, 0.6) is 0 Å². The summed E-state index contributed by atoms with van der Waals surface area (Å²) in [6, 6.07) is -0.326. The van der Waals surface area contributed by atoms with E-state index in [1.165, 1.54) is 0 Å². The fourth-order valence-corrected chi connectivity index (χ4v) is 1.61. The fraction of sp³-hybridized carbons (Fsp3) is 0.800. The van der Waals surface area contributed by atoms with Crippen LogP contribution in [-0.2, 0) is 9.59 Å². The van der Waals surface area contributed by atoms with Gasteiger partial charge in [0.15, 0.2) is 0 Å². The fourth-order valence-electron chi connectivity index (χ4n) is 1.61. The lowest BCUT2D eigenvalue weighted by Crippen LogP contribution is -2.41. The van der Waals surface area contributed by atoms with Crippen molar-refractivity contribution in [1.82, 2.24) is 10.2 Å². The van der Waals surface area contributed by atoms with Crippen molar-refractivity contribution < 1.29 is 9.59 Å². The minimum Gasteiger partial charge on any atom is -0.344 e. The third-order valence-corrected chi connectivity index (χ3v) is 2.70. The maximum atomic E-state index is 11.5. The minimum absolute atomic E-state index is 0.00347. The molecule has 2 unspecified atom stereocenters. The summed E-state index contributed by atoms with van der Waals surface area (Å²) in [7, 11) is 1.75. The van der Waals surface area contributed by atoms with Crippen LogP contribution >= 0.6 is 0 Å². The third-order valence-electron chi connectivity index (χ3n) is 2.70. The second-order valence-electron chi connectivity index (χ2n) is 4.21. The molecule has 5 heteroatoms. The van der Waals surface area contributed by atoms with E-state index in [0.717, 1.165) is 6.54 Å². The van der Waals surface area contributed by atoms with Crippen molar-refractivity contribution in [2.75, 3.05) is 20.1 Å². The molecule has 0 aromatic rings. The van der Waals surface area contributed by atoms with Crippen LogP contribution in [-0.4, -0.2) is 42.9 Å². The maximum Gasteiger partial charge on any atom is 0.244 e. The number of rotatable bonds is 4. The topological polar surface area (TPSA) is 75.4 Å². The van der Waals surface area contributed by atoms with Gasteiger partial charge in [0.1, 0.15) is 6.04 Å². The monoisotopic (exact) mass is 213 g/mol. The summed E-state index contributed by atoms with van der Waals surface area (Å²) < 4.78 is 0. The third kappa shape index (κ3) is 3.20. The summed E-state index contributed by atoms with van der Waals surface area (Å²) in [6.45, 7) is 3.13. The van der Waals surface area contributed by atoms with Gasteiger partial charge >= 0.3 is 0 Å². The van der Waals surface area contributed by atoms with Gasteiger partial charge in [0, 0.05) is 20.0 Å². The molecule has 86 valence electrons. The zero-order valence-electron chi connectivity index (χ0n) is 9.32. The Morgan fingerprint density at radius 1 is 1.73 bits per heavy atom. The molecule has 3 N–H and O–H groups in total. The lowest BCUT2D eigenvalue weighted by atomic mass is 10.1. The van der Waals surface area contributed by atoms with Gasteiger partial charge < -0.3 is 16.0 Å². The van der Waals surface area contributed by atoms with Crippen LogP contribution in [0.1, 0.15) is 19.8 Å². The van der Waals surface area contributed by atoms with Crippen molar-refractivity contribution in [2.45, 2.75) is 25.8 Å². The van der Waals surface area contributed by atoms with E-state index in [-0.39, 0.29) is 23.8 Å². The van der Waals surface area contributed by atoms with Crippen molar-refractivity contribution in [1.29, 1.82) is 0 Å². The van der Waals surface area contributed by atoms with Crippen LogP contribution < -0.4 is 11.1 Å². The molecule has 0 bridgehead atoms. The van der Waals surface area contributed by atoms with Gasteiger partial charge in [0.05, 0.1) is 0 Å². The molecule has 5 nitrogen and oxygen atoms in total. The van der Waals surface area contributed by atoms with Crippen molar-refractivity contribution in [3.8, 4) is 0 Å². The highest BCUT2D eigenvalue weighted by molar-refractivity contribution is 5.89. The van der Waals surface area contributed by atoms with Crippen molar-refractivity contribution in [3.05, 3.63) is 0 Å². The van der Waals surface area contributed by atoms with Crippen LogP contribution in [0, 0.1) is 5.92 Å². The van der Waals surface area contributed by atoms with Gasteiger partial charge in [-0.25, -0.2) is 0 Å². The van der Waals surface area contributed by atoms with Crippen LogP contribution in [0.25, 0.3) is 0 Å². The Labute approximate surface area is 90.0 Å². The van der Waals surface area contributed by atoms with Gasteiger partial charge in [0.25, 0.3) is 0 Å². The van der Waals surface area contributed by atoms with E-state index >= 15 is 0 Å². The highest BCUT2D eigenvalue weighted by Gasteiger charge is 2.30. The predicted molar refractivity (Wildman–Crippen MR) is 57.0 cm³/mol. The number of hydrogen-bond donors (Lipinski definition) is 2. The maximum absolute atomic E-state index is 11.5. The average molecular weight is 213 g/mol. The summed E-state index contributed by atoms with van der Waals surface area (Å²) in [6.07, 6.45) is 1.10. The highest BCUT2D eigenvalue weighted by atomic mass is 16.2. The number of likely N-dealkylation sites (N-methyl/N-ethyl adjacent to an activating group) is 1. The quantitative estimate of drug-likeness (QED) is 0.649. The van der Waals surface area contributed by atoms with Crippen molar-refractivity contribution in [3.63, 3.8) is 0 Å². The van der Waals surface area contributed by atoms with Gasteiger partial charge in [0.2, 0.25) is 11.8 Å². The number of nitrogens with two attached hydrogens (primary N) is 1. The molecule has 0 aromatic heterocycles. The number of nitrogens with zero attached hydrogens (tertiary/aromatic N) is 1. The molecule has 15 heavy (non-hydrogen) atoms. The Morgan fingerprint density at radius 2 is 2.40 bits per heavy atom. The molecule has 0 spiro atoms. The van der Waals surface area contributed by atoms with Crippen LogP contribution in [0.15, 0.2) is 0 Å². The van der Waals surface area contributed by atoms with Crippen molar-refractivity contribution >= 4 is 11.8 Å². The van der Waals surface area contributed by atoms with Gasteiger partial charge in [-0.1, -0.05) is 6.92 Å². The first-order valence-corrected chi connectivity index (χ1v) is 5.29. The number of carbonyl (C=O) groups excluding carboxylic acids is 2.